The Hall–Kier alpha value is -2.54. The first-order valence-electron chi connectivity index (χ1n) is 5.07. The number of hydrogen-bond acceptors (Lipinski definition) is 3. The van der Waals surface area contributed by atoms with Crippen LogP contribution in [-0.4, -0.2) is 9.55 Å². The Balaban J connectivity index is 2.26. The lowest BCUT2D eigenvalue weighted by molar-refractivity contribution is 0.729. The summed E-state index contributed by atoms with van der Waals surface area (Å²) in [5.74, 6) is 2.77. The Bertz CT molecular complexity index is 620. The van der Waals surface area contributed by atoms with Crippen LogP contribution in [-0.2, 0) is 6.54 Å². The largest absolute Gasteiger partial charge is 0.383 e. The molecule has 0 atom stereocenters. The van der Waals surface area contributed by atoms with Crippen LogP contribution in [0.3, 0.4) is 0 Å². The van der Waals surface area contributed by atoms with Crippen LogP contribution in [0.5, 0.6) is 0 Å². The Morgan fingerprint density at radius 3 is 2.59 bits per heavy atom. The van der Waals surface area contributed by atoms with Gasteiger partial charge in [0, 0.05) is 11.8 Å². The fourth-order valence-electron chi connectivity index (χ4n) is 1.47. The van der Waals surface area contributed by atoms with E-state index in [9.17, 15) is 4.79 Å². The molecule has 0 saturated heterocycles. The number of hydrogen-bond donors (Lipinski definition) is 1. The van der Waals surface area contributed by atoms with Gasteiger partial charge in [-0.15, -0.1) is 6.42 Å². The third-order valence-electron chi connectivity index (χ3n) is 2.37. The molecule has 0 bridgehead atoms. The molecule has 0 unspecified atom stereocenters. The maximum absolute atomic E-state index is 11.5. The second kappa shape index (κ2) is 4.54. The summed E-state index contributed by atoms with van der Waals surface area (Å²) in [5.41, 5.74) is 6.86. The molecule has 0 aliphatic heterocycles. The van der Waals surface area contributed by atoms with E-state index in [0.717, 1.165) is 11.1 Å². The lowest BCUT2D eigenvalue weighted by Crippen LogP contribution is -2.23. The number of nitrogens with two attached hydrogens (primary N) is 1. The summed E-state index contributed by atoms with van der Waals surface area (Å²) < 4.78 is 1.49. The van der Waals surface area contributed by atoms with Gasteiger partial charge in [-0.2, -0.15) is 4.98 Å². The predicted molar refractivity (Wildman–Crippen MR) is 66.4 cm³/mol. The number of rotatable bonds is 2. The first kappa shape index (κ1) is 11.0. The summed E-state index contributed by atoms with van der Waals surface area (Å²) >= 11 is 0. The van der Waals surface area contributed by atoms with E-state index in [4.69, 9.17) is 12.2 Å². The van der Waals surface area contributed by atoms with Crippen molar-refractivity contribution in [3.63, 3.8) is 0 Å². The predicted octanol–water partition coefficient (Wildman–Crippen LogP) is 0.855. The van der Waals surface area contributed by atoms with Crippen LogP contribution in [0.1, 0.15) is 11.1 Å². The summed E-state index contributed by atoms with van der Waals surface area (Å²) in [5, 5.41) is 0. The van der Waals surface area contributed by atoms with Gasteiger partial charge in [0.05, 0.1) is 6.54 Å². The van der Waals surface area contributed by atoms with Crippen molar-refractivity contribution in [2.24, 2.45) is 0 Å². The molecule has 1 heterocycles. The first-order valence-corrected chi connectivity index (χ1v) is 5.07. The monoisotopic (exact) mass is 225 g/mol. The standard InChI is InChI=1S/C13H11N3O/c1-2-10-3-5-11(6-4-10)9-16-8-7-12(14)15-13(16)17/h1,3-8H,9H2,(H2,14,15,17). The molecule has 0 radical (unpaired) electrons. The third-order valence-corrected chi connectivity index (χ3v) is 2.37. The molecule has 2 aromatic rings. The molecule has 2 N–H and O–H groups in total. The van der Waals surface area contributed by atoms with Gasteiger partial charge in [-0.05, 0) is 23.8 Å². The van der Waals surface area contributed by atoms with Gasteiger partial charge in [-0.25, -0.2) is 4.79 Å². The number of nitrogens with zero attached hydrogens (tertiary/aromatic N) is 2. The molecule has 0 fully saturated rings. The van der Waals surface area contributed by atoms with E-state index >= 15 is 0 Å². The molecule has 0 aliphatic carbocycles. The molecule has 0 amide bonds. The van der Waals surface area contributed by atoms with Crippen molar-refractivity contribution < 1.29 is 0 Å². The highest BCUT2D eigenvalue weighted by molar-refractivity contribution is 5.34. The Morgan fingerprint density at radius 2 is 2.00 bits per heavy atom. The lowest BCUT2D eigenvalue weighted by atomic mass is 10.1. The Morgan fingerprint density at radius 1 is 1.29 bits per heavy atom. The normalized spacial score (nSPS) is 9.82. The number of anilines is 1. The summed E-state index contributed by atoms with van der Waals surface area (Å²) in [6.45, 7) is 0.455. The zero-order valence-corrected chi connectivity index (χ0v) is 9.13. The number of benzene rings is 1. The SMILES string of the molecule is C#Cc1ccc(Cn2ccc(N)nc2=O)cc1. The van der Waals surface area contributed by atoms with Gasteiger partial charge in [0.15, 0.2) is 0 Å². The quantitative estimate of drug-likeness (QED) is 0.771. The fourth-order valence-corrected chi connectivity index (χ4v) is 1.47. The zero-order chi connectivity index (χ0) is 12.3. The van der Waals surface area contributed by atoms with Gasteiger partial charge in [-0.3, -0.25) is 4.57 Å². The van der Waals surface area contributed by atoms with E-state index in [2.05, 4.69) is 10.9 Å². The maximum atomic E-state index is 11.5. The van der Waals surface area contributed by atoms with Gasteiger partial charge in [-0.1, -0.05) is 18.1 Å². The van der Waals surface area contributed by atoms with Crippen molar-refractivity contribution in [1.29, 1.82) is 0 Å². The second-order valence-electron chi connectivity index (χ2n) is 3.60. The van der Waals surface area contributed by atoms with Gasteiger partial charge in [0.1, 0.15) is 5.82 Å². The van der Waals surface area contributed by atoms with Crippen molar-refractivity contribution in [1.82, 2.24) is 9.55 Å². The lowest BCUT2D eigenvalue weighted by Gasteiger charge is -2.05. The molecule has 17 heavy (non-hydrogen) atoms. The van der Waals surface area contributed by atoms with Crippen LogP contribution in [0.25, 0.3) is 0 Å². The summed E-state index contributed by atoms with van der Waals surface area (Å²) in [7, 11) is 0. The van der Waals surface area contributed by atoms with Crippen LogP contribution >= 0.6 is 0 Å². The molecule has 4 nitrogen and oxygen atoms in total. The highest BCUT2D eigenvalue weighted by Gasteiger charge is 1.99. The van der Waals surface area contributed by atoms with Gasteiger partial charge in [0.2, 0.25) is 0 Å². The molecule has 84 valence electrons. The van der Waals surface area contributed by atoms with Gasteiger partial charge < -0.3 is 5.73 Å². The van der Waals surface area contributed by atoms with Gasteiger partial charge in [0.25, 0.3) is 0 Å². The topological polar surface area (TPSA) is 60.9 Å². The first-order chi connectivity index (χ1) is 8.19. The minimum atomic E-state index is -0.356. The van der Waals surface area contributed by atoms with Crippen LogP contribution < -0.4 is 11.4 Å². The Labute approximate surface area is 98.7 Å². The average Bonchev–Trinajstić information content (AvgIpc) is 2.34. The molecule has 0 aliphatic rings. The molecular formula is C13H11N3O. The highest BCUT2D eigenvalue weighted by atomic mass is 16.1. The number of nitrogen functional groups attached to an aromatic ring is 1. The summed E-state index contributed by atoms with van der Waals surface area (Å²) in [6.07, 6.45) is 6.89. The summed E-state index contributed by atoms with van der Waals surface area (Å²) in [4.78, 5) is 15.2. The minimum absolute atomic E-state index is 0.230. The van der Waals surface area contributed by atoms with E-state index in [1.165, 1.54) is 4.57 Å². The van der Waals surface area contributed by atoms with E-state index < -0.39 is 0 Å². The maximum Gasteiger partial charge on any atom is 0.349 e. The van der Waals surface area contributed by atoms with Crippen molar-refractivity contribution >= 4 is 5.82 Å². The van der Waals surface area contributed by atoms with Crippen LogP contribution in [0.4, 0.5) is 5.82 Å². The van der Waals surface area contributed by atoms with Crippen LogP contribution in [0, 0.1) is 12.3 Å². The van der Waals surface area contributed by atoms with E-state index in [-0.39, 0.29) is 11.5 Å². The minimum Gasteiger partial charge on any atom is -0.383 e. The molecule has 0 spiro atoms. The molecule has 1 aromatic carbocycles. The summed E-state index contributed by atoms with van der Waals surface area (Å²) in [6, 6.07) is 9.05. The molecule has 4 heteroatoms. The average molecular weight is 225 g/mol. The van der Waals surface area contributed by atoms with Crippen molar-refractivity contribution in [3.05, 3.63) is 58.1 Å². The van der Waals surface area contributed by atoms with Gasteiger partial charge >= 0.3 is 5.69 Å². The van der Waals surface area contributed by atoms with Crippen molar-refractivity contribution in [2.45, 2.75) is 6.54 Å². The molecule has 1 aromatic heterocycles. The Kier molecular flexibility index (Phi) is 2.93. The molecule has 2 rings (SSSR count). The fraction of sp³-hybridized carbons (Fsp3) is 0.0769. The third kappa shape index (κ3) is 2.52. The second-order valence-corrected chi connectivity index (χ2v) is 3.60. The zero-order valence-electron chi connectivity index (χ0n) is 9.13. The number of terminal acetylenes is 1. The van der Waals surface area contributed by atoms with Crippen LogP contribution in [0.15, 0.2) is 41.3 Å². The van der Waals surface area contributed by atoms with Crippen LogP contribution in [0.2, 0.25) is 0 Å². The van der Waals surface area contributed by atoms with Crippen molar-refractivity contribution in [2.75, 3.05) is 5.73 Å². The highest BCUT2D eigenvalue weighted by Crippen LogP contribution is 2.04. The smallest absolute Gasteiger partial charge is 0.349 e. The van der Waals surface area contributed by atoms with E-state index in [1.807, 2.05) is 24.3 Å². The molecular weight excluding hydrogens is 214 g/mol. The van der Waals surface area contributed by atoms with E-state index in [0.29, 0.717) is 6.54 Å². The molecule has 0 saturated carbocycles. The van der Waals surface area contributed by atoms with Crippen molar-refractivity contribution in [3.8, 4) is 12.3 Å². The number of aromatic nitrogens is 2. The van der Waals surface area contributed by atoms with E-state index in [1.54, 1.807) is 12.3 Å².